The first-order chi connectivity index (χ1) is 14.1. The summed E-state index contributed by atoms with van der Waals surface area (Å²) in [6, 6.07) is 10.6. The first-order valence-corrected chi connectivity index (χ1v) is 10.9. The Kier molecular flexibility index (Phi) is 8.75. The Bertz CT molecular complexity index is 892. The molecule has 162 valence electrons. The molecule has 1 atom stereocenters. The Labute approximate surface area is 189 Å². The summed E-state index contributed by atoms with van der Waals surface area (Å²) in [6.45, 7) is 10.5. The van der Waals surface area contributed by atoms with E-state index in [1.54, 1.807) is 30.0 Å². The second-order valence-corrected chi connectivity index (χ2v) is 8.96. The molecule has 0 saturated heterocycles. The lowest BCUT2D eigenvalue weighted by molar-refractivity contribution is -0.140. The van der Waals surface area contributed by atoms with Gasteiger partial charge in [-0.25, -0.2) is 0 Å². The van der Waals surface area contributed by atoms with Gasteiger partial charge < -0.3 is 10.2 Å². The largest absolute Gasteiger partial charge is 0.354 e. The molecule has 0 unspecified atom stereocenters. The van der Waals surface area contributed by atoms with Crippen LogP contribution in [0.25, 0.3) is 0 Å². The van der Waals surface area contributed by atoms with Crippen molar-refractivity contribution in [3.05, 3.63) is 68.7 Å². The molecule has 6 heteroatoms. The lowest BCUT2D eigenvalue weighted by atomic mass is 10.0. The van der Waals surface area contributed by atoms with Gasteiger partial charge in [-0.2, -0.15) is 0 Å². The van der Waals surface area contributed by atoms with Crippen molar-refractivity contribution >= 4 is 35.0 Å². The maximum atomic E-state index is 13.3. The van der Waals surface area contributed by atoms with E-state index in [1.165, 1.54) is 0 Å². The molecule has 0 aliphatic carbocycles. The molecule has 0 radical (unpaired) electrons. The van der Waals surface area contributed by atoms with Gasteiger partial charge in [-0.3, -0.25) is 9.59 Å². The molecule has 0 aliphatic rings. The van der Waals surface area contributed by atoms with Crippen LogP contribution in [-0.2, 0) is 22.6 Å². The van der Waals surface area contributed by atoms with Gasteiger partial charge in [0, 0.05) is 28.7 Å². The number of nitrogens with zero attached hydrogens (tertiary/aromatic N) is 1. The highest BCUT2D eigenvalue weighted by Crippen LogP contribution is 2.27. The molecule has 4 nitrogen and oxygen atoms in total. The van der Waals surface area contributed by atoms with Crippen LogP contribution in [0.1, 0.15) is 43.0 Å². The molecular formula is C24H30Cl2N2O2. The second-order valence-electron chi connectivity index (χ2n) is 8.14. The van der Waals surface area contributed by atoms with Gasteiger partial charge in [-0.05, 0) is 49.9 Å². The molecule has 1 N–H and O–H groups in total. The minimum Gasteiger partial charge on any atom is -0.354 e. The fraction of sp³-hybridized carbons (Fsp3) is 0.417. The van der Waals surface area contributed by atoms with Crippen molar-refractivity contribution in [3.8, 4) is 0 Å². The number of carbonyl (C=O) groups excluding carboxylic acids is 2. The van der Waals surface area contributed by atoms with Crippen LogP contribution in [-0.4, -0.2) is 29.3 Å². The third-order valence-electron chi connectivity index (χ3n) is 5.09. The van der Waals surface area contributed by atoms with E-state index in [2.05, 4.69) is 5.32 Å². The number of amides is 2. The van der Waals surface area contributed by atoms with Gasteiger partial charge in [0.1, 0.15) is 6.04 Å². The summed E-state index contributed by atoms with van der Waals surface area (Å²) in [7, 11) is 0. The molecule has 0 fully saturated rings. The van der Waals surface area contributed by atoms with Gasteiger partial charge in [-0.1, -0.05) is 66.9 Å². The molecule has 30 heavy (non-hydrogen) atoms. The third-order valence-corrected chi connectivity index (χ3v) is 5.80. The van der Waals surface area contributed by atoms with Gasteiger partial charge in [0.2, 0.25) is 11.8 Å². The first kappa shape index (κ1) is 24.2. The molecule has 0 aromatic heterocycles. The van der Waals surface area contributed by atoms with Crippen LogP contribution in [0.3, 0.4) is 0 Å². The van der Waals surface area contributed by atoms with Crippen LogP contribution in [0.2, 0.25) is 10.0 Å². The zero-order valence-corrected chi connectivity index (χ0v) is 19.8. The number of nitrogens with one attached hydrogen (secondary N) is 1. The number of halogens is 2. The number of carbonyl (C=O) groups is 2. The minimum absolute atomic E-state index is 0.146. The van der Waals surface area contributed by atoms with Crippen LogP contribution in [0.5, 0.6) is 0 Å². The summed E-state index contributed by atoms with van der Waals surface area (Å²) in [5.41, 5.74) is 3.72. The predicted octanol–water partition coefficient (Wildman–Crippen LogP) is 5.34. The van der Waals surface area contributed by atoms with Crippen molar-refractivity contribution in [2.45, 2.75) is 53.6 Å². The van der Waals surface area contributed by atoms with E-state index < -0.39 is 6.04 Å². The molecule has 0 aliphatic heterocycles. The maximum absolute atomic E-state index is 13.3. The van der Waals surface area contributed by atoms with Crippen LogP contribution in [0.15, 0.2) is 36.4 Å². The summed E-state index contributed by atoms with van der Waals surface area (Å²) < 4.78 is 0. The monoisotopic (exact) mass is 448 g/mol. The summed E-state index contributed by atoms with van der Waals surface area (Å²) in [5.74, 6) is -0.0219. The van der Waals surface area contributed by atoms with Crippen LogP contribution in [0.4, 0.5) is 0 Å². The molecule has 2 amide bonds. The SMILES string of the molecule is Cc1ccc(C)c(CC(=O)N(Cc2c(Cl)cccc2Cl)[C@H](C)C(=O)NCC(C)C)c1. The number of hydrogen-bond donors (Lipinski definition) is 1. The van der Waals surface area contributed by atoms with Crippen molar-refractivity contribution in [1.82, 2.24) is 10.2 Å². The zero-order valence-electron chi connectivity index (χ0n) is 18.3. The van der Waals surface area contributed by atoms with E-state index in [-0.39, 0.29) is 24.8 Å². The summed E-state index contributed by atoms with van der Waals surface area (Å²) in [4.78, 5) is 27.7. The van der Waals surface area contributed by atoms with Crippen LogP contribution < -0.4 is 5.32 Å². The van der Waals surface area contributed by atoms with Crippen molar-refractivity contribution in [1.29, 1.82) is 0 Å². The Morgan fingerprint density at radius 3 is 2.27 bits per heavy atom. The van der Waals surface area contributed by atoms with Crippen molar-refractivity contribution in [3.63, 3.8) is 0 Å². The Balaban J connectivity index is 2.33. The molecule has 0 spiro atoms. The average molecular weight is 449 g/mol. The van der Waals surface area contributed by atoms with E-state index in [9.17, 15) is 9.59 Å². The molecule has 2 rings (SSSR count). The van der Waals surface area contributed by atoms with E-state index >= 15 is 0 Å². The number of benzene rings is 2. The Morgan fingerprint density at radius 2 is 1.67 bits per heavy atom. The highest BCUT2D eigenvalue weighted by molar-refractivity contribution is 6.36. The summed E-state index contributed by atoms with van der Waals surface area (Å²) >= 11 is 12.7. The molecule has 2 aromatic carbocycles. The minimum atomic E-state index is -0.659. The van der Waals surface area contributed by atoms with Gasteiger partial charge >= 0.3 is 0 Å². The highest BCUT2D eigenvalue weighted by atomic mass is 35.5. The standard InChI is InChI=1S/C24H30Cl2N2O2/c1-15(2)13-27-24(30)18(5)28(14-20-21(25)7-6-8-22(20)26)23(29)12-19-11-16(3)9-10-17(19)4/h6-11,15,18H,12-14H2,1-5H3,(H,27,30)/t18-/m1/s1. The van der Waals surface area contributed by atoms with E-state index in [4.69, 9.17) is 23.2 Å². The van der Waals surface area contributed by atoms with Crippen LogP contribution in [0, 0.1) is 19.8 Å². The molecule has 2 aromatic rings. The summed E-state index contributed by atoms with van der Waals surface area (Å²) in [6.07, 6.45) is 0.206. The molecule has 0 saturated carbocycles. The van der Waals surface area contributed by atoms with Crippen molar-refractivity contribution in [2.24, 2.45) is 5.92 Å². The third kappa shape index (κ3) is 6.48. The van der Waals surface area contributed by atoms with E-state index in [1.807, 2.05) is 45.9 Å². The normalized spacial score (nSPS) is 12.0. The highest BCUT2D eigenvalue weighted by Gasteiger charge is 2.27. The molecular weight excluding hydrogens is 419 g/mol. The maximum Gasteiger partial charge on any atom is 0.242 e. The van der Waals surface area contributed by atoms with E-state index in [0.717, 1.165) is 16.7 Å². The van der Waals surface area contributed by atoms with Gasteiger partial charge in [-0.15, -0.1) is 0 Å². The lowest BCUT2D eigenvalue weighted by Gasteiger charge is -2.30. The van der Waals surface area contributed by atoms with Gasteiger partial charge in [0.15, 0.2) is 0 Å². The van der Waals surface area contributed by atoms with Crippen molar-refractivity contribution in [2.75, 3.05) is 6.54 Å². The van der Waals surface area contributed by atoms with Gasteiger partial charge in [0.25, 0.3) is 0 Å². The topological polar surface area (TPSA) is 49.4 Å². The quantitative estimate of drug-likeness (QED) is 0.591. The van der Waals surface area contributed by atoms with Crippen molar-refractivity contribution < 1.29 is 9.59 Å². The molecule has 0 heterocycles. The fourth-order valence-corrected chi connectivity index (χ4v) is 3.66. The fourth-order valence-electron chi connectivity index (χ4n) is 3.14. The second kappa shape index (κ2) is 10.8. The Morgan fingerprint density at radius 1 is 1.03 bits per heavy atom. The number of aryl methyl sites for hydroxylation is 2. The first-order valence-electron chi connectivity index (χ1n) is 10.2. The molecule has 0 bridgehead atoms. The lowest BCUT2D eigenvalue weighted by Crippen LogP contribution is -2.48. The van der Waals surface area contributed by atoms with E-state index in [0.29, 0.717) is 28.1 Å². The summed E-state index contributed by atoms with van der Waals surface area (Å²) in [5, 5.41) is 3.87. The average Bonchev–Trinajstić information content (AvgIpc) is 2.68. The smallest absolute Gasteiger partial charge is 0.242 e. The zero-order chi connectivity index (χ0) is 22.4. The van der Waals surface area contributed by atoms with Crippen LogP contribution >= 0.6 is 23.2 Å². The predicted molar refractivity (Wildman–Crippen MR) is 124 cm³/mol. The van der Waals surface area contributed by atoms with Gasteiger partial charge in [0.05, 0.1) is 6.42 Å². The number of rotatable bonds is 8. The number of hydrogen-bond acceptors (Lipinski definition) is 2. The Hall–Kier alpha value is -2.04.